The fourth-order valence-electron chi connectivity index (χ4n) is 4.29. The summed E-state index contributed by atoms with van der Waals surface area (Å²) >= 11 is 1.57. The van der Waals surface area contributed by atoms with Gasteiger partial charge in [-0.1, -0.05) is 30.3 Å². The lowest BCUT2D eigenvalue weighted by Crippen LogP contribution is -2.61. The van der Waals surface area contributed by atoms with Gasteiger partial charge in [0.1, 0.15) is 16.4 Å². The number of rotatable bonds is 2. The summed E-state index contributed by atoms with van der Waals surface area (Å²) in [6, 6.07) is 10.1. The molecule has 6 heteroatoms. The highest BCUT2D eigenvalue weighted by atomic mass is 32.1. The summed E-state index contributed by atoms with van der Waals surface area (Å²) in [4.78, 5) is 21.4. The Kier molecular flexibility index (Phi) is 3.18. The van der Waals surface area contributed by atoms with Crippen molar-refractivity contribution < 1.29 is 9.53 Å². The van der Waals surface area contributed by atoms with Gasteiger partial charge < -0.3 is 4.74 Å². The van der Waals surface area contributed by atoms with Crippen LogP contribution in [0.5, 0.6) is 0 Å². The molecule has 2 aromatic rings. The van der Waals surface area contributed by atoms with Gasteiger partial charge in [0.25, 0.3) is 0 Å². The molecule has 5 heterocycles. The number of ether oxygens (including phenoxy) is 1. The Balaban J connectivity index is 1.42. The van der Waals surface area contributed by atoms with Crippen molar-refractivity contribution in [1.29, 1.82) is 0 Å². The van der Waals surface area contributed by atoms with Gasteiger partial charge in [0.05, 0.1) is 6.54 Å². The second-order valence-corrected chi connectivity index (χ2v) is 7.80. The van der Waals surface area contributed by atoms with E-state index < -0.39 is 0 Å². The number of carbonyl (C=O) groups is 1. The number of nitrogens with zero attached hydrogens (tertiary/aromatic N) is 3. The average Bonchev–Trinajstić information content (AvgIpc) is 3.22. The maximum atomic E-state index is 12.5. The molecule has 2 bridgehead atoms. The minimum atomic E-state index is -0.329. The van der Waals surface area contributed by atoms with Gasteiger partial charge in [0.2, 0.25) is 0 Å². The minimum Gasteiger partial charge on any atom is -0.439 e. The first-order valence-corrected chi connectivity index (χ1v) is 9.35. The molecule has 4 aliphatic heterocycles. The topological polar surface area (TPSA) is 45.7 Å². The van der Waals surface area contributed by atoms with Gasteiger partial charge in [-0.3, -0.25) is 9.80 Å². The number of hydrogen-bond acceptors (Lipinski definition) is 5. The Morgan fingerprint density at radius 1 is 1.17 bits per heavy atom. The molecule has 5 nitrogen and oxygen atoms in total. The summed E-state index contributed by atoms with van der Waals surface area (Å²) in [5.74, 6) is 1.21. The summed E-state index contributed by atoms with van der Waals surface area (Å²) in [7, 11) is 0. The lowest BCUT2D eigenvalue weighted by molar-refractivity contribution is -0.0881. The lowest BCUT2D eigenvalue weighted by atomic mass is 9.75. The molecule has 0 saturated carbocycles. The SMILES string of the molecule is O=C1OC2(CN3CCC2CC3)CN1c1csc(-c2ccccc2)n1. The van der Waals surface area contributed by atoms with Crippen molar-refractivity contribution in [1.82, 2.24) is 9.88 Å². The van der Waals surface area contributed by atoms with E-state index in [1.54, 1.807) is 16.2 Å². The van der Waals surface area contributed by atoms with Crippen LogP contribution in [0.2, 0.25) is 0 Å². The Morgan fingerprint density at radius 3 is 2.67 bits per heavy atom. The number of amides is 1. The van der Waals surface area contributed by atoms with Gasteiger partial charge >= 0.3 is 6.09 Å². The zero-order valence-corrected chi connectivity index (χ0v) is 14.2. The monoisotopic (exact) mass is 341 g/mol. The fraction of sp³-hybridized carbons (Fsp3) is 0.444. The molecule has 6 rings (SSSR count). The molecule has 1 aromatic heterocycles. The second kappa shape index (κ2) is 5.29. The predicted molar refractivity (Wildman–Crippen MR) is 93.3 cm³/mol. The van der Waals surface area contributed by atoms with Crippen molar-refractivity contribution in [3.05, 3.63) is 35.7 Å². The number of aromatic nitrogens is 1. The summed E-state index contributed by atoms with van der Waals surface area (Å²) < 4.78 is 5.92. The normalized spacial score (nSPS) is 31.7. The van der Waals surface area contributed by atoms with E-state index in [1.165, 1.54) is 0 Å². The van der Waals surface area contributed by atoms with Crippen molar-refractivity contribution in [3.8, 4) is 10.6 Å². The van der Waals surface area contributed by atoms with E-state index in [1.807, 2.05) is 35.7 Å². The highest BCUT2D eigenvalue weighted by molar-refractivity contribution is 7.13. The molecule has 1 unspecified atom stereocenters. The van der Waals surface area contributed by atoms with E-state index >= 15 is 0 Å². The predicted octanol–water partition coefficient (Wildman–Crippen LogP) is 3.23. The zero-order valence-electron chi connectivity index (χ0n) is 13.4. The number of piperidine rings is 3. The molecular formula is C18H19N3O2S. The van der Waals surface area contributed by atoms with Crippen molar-refractivity contribution in [2.45, 2.75) is 18.4 Å². The Hall–Kier alpha value is -1.92. The van der Waals surface area contributed by atoms with Crippen molar-refractivity contribution in [2.75, 3.05) is 31.1 Å². The largest absolute Gasteiger partial charge is 0.439 e. The first-order valence-electron chi connectivity index (χ1n) is 8.47. The minimum absolute atomic E-state index is 0.242. The molecule has 0 N–H and O–H groups in total. The van der Waals surface area contributed by atoms with Crippen LogP contribution in [-0.2, 0) is 4.74 Å². The highest BCUT2D eigenvalue weighted by Gasteiger charge is 2.56. The number of fused-ring (bicyclic) bond motifs is 2. The average molecular weight is 341 g/mol. The molecule has 0 radical (unpaired) electrons. The van der Waals surface area contributed by atoms with E-state index in [9.17, 15) is 4.79 Å². The van der Waals surface area contributed by atoms with Gasteiger partial charge in [-0.05, 0) is 25.9 Å². The van der Waals surface area contributed by atoms with Crippen LogP contribution in [0.25, 0.3) is 10.6 Å². The summed E-state index contributed by atoms with van der Waals surface area (Å²) in [6.45, 7) is 3.78. The fourth-order valence-corrected chi connectivity index (χ4v) is 5.11. The molecule has 0 aliphatic carbocycles. The first kappa shape index (κ1) is 14.4. The molecular weight excluding hydrogens is 322 g/mol. The lowest BCUT2D eigenvalue weighted by Gasteiger charge is -2.49. The number of hydrogen-bond donors (Lipinski definition) is 0. The van der Waals surface area contributed by atoms with Crippen molar-refractivity contribution in [3.63, 3.8) is 0 Å². The number of benzene rings is 1. The molecule has 4 aliphatic rings. The number of thiazole rings is 1. The van der Waals surface area contributed by atoms with Crippen LogP contribution >= 0.6 is 11.3 Å². The highest BCUT2D eigenvalue weighted by Crippen LogP contribution is 2.43. The van der Waals surface area contributed by atoms with Crippen LogP contribution < -0.4 is 4.90 Å². The molecule has 1 spiro atoms. The van der Waals surface area contributed by atoms with Crippen LogP contribution in [-0.4, -0.2) is 47.8 Å². The maximum absolute atomic E-state index is 12.5. The van der Waals surface area contributed by atoms with E-state index in [4.69, 9.17) is 4.74 Å². The standard InChI is InChI=1S/C18H19N3O2S/c22-17-21(12-18(23-17)11-20-8-6-14(18)7-9-20)15-10-24-16(19-15)13-4-2-1-3-5-13/h1-5,10,14H,6-9,11-12H2. The third kappa shape index (κ3) is 2.17. The van der Waals surface area contributed by atoms with Gasteiger partial charge in [-0.2, -0.15) is 0 Å². The third-order valence-electron chi connectivity index (χ3n) is 5.55. The smallest absolute Gasteiger partial charge is 0.416 e. The van der Waals surface area contributed by atoms with Crippen molar-refractivity contribution in [2.24, 2.45) is 5.92 Å². The molecule has 24 heavy (non-hydrogen) atoms. The summed E-state index contributed by atoms with van der Waals surface area (Å²) in [5.41, 5.74) is 0.753. The van der Waals surface area contributed by atoms with Crippen LogP contribution in [0.4, 0.5) is 10.6 Å². The molecule has 4 fully saturated rings. The van der Waals surface area contributed by atoms with Gasteiger partial charge in [-0.25, -0.2) is 9.78 Å². The van der Waals surface area contributed by atoms with Crippen LogP contribution in [0.15, 0.2) is 35.7 Å². The van der Waals surface area contributed by atoms with Crippen LogP contribution in [0.1, 0.15) is 12.8 Å². The molecule has 4 saturated heterocycles. The van der Waals surface area contributed by atoms with E-state index in [0.29, 0.717) is 12.5 Å². The second-order valence-electron chi connectivity index (χ2n) is 6.95. The van der Waals surface area contributed by atoms with Crippen molar-refractivity contribution >= 4 is 23.2 Å². The van der Waals surface area contributed by atoms with E-state index in [-0.39, 0.29) is 11.7 Å². The maximum Gasteiger partial charge on any atom is 0.416 e. The van der Waals surface area contributed by atoms with E-state index in [0.717, 1.165) is 48.9 Å². The number of anilines is 1. The summed E-state index contributed by atoms with van der Waals surface area (Å²) in [5, 5.41) is 2.90. The first-order chi connectivity index (χ1) is 11.7. The quantitative estimate of drug-likeness (QED) is 0.841. The zero-order chi connectivity index (χ0) is 16.1. The van der Waals surface area contributed by atoms with Crippen LogP contribution in [0.3, 0.4) is 0 Å². The number of carbonyl (C=O) groups excluding carboxylic acids is 1. The van der Waals surface area contributed by atoms with Gasteiger partial charge in [0, 0.05) is 23.4 Å². The Morgan fingerprint density at radius 2 is 1.96 bits per heavy atom. The summed E-state index contributed by atoms with van der Waals surface area (Å²) in [6.07, 6.45) is 2.02. The molecule has 1 amide bonds. The third-order valence-corrected chi connectivity index (χ3v) is 6.43. The molecule has 1 atom stereocenters. The molecule has 124 valence electrons. The van der Waals surface area contributed by atoms with Crippen LogP contribution in [0, 0.1) is 5.92 Å². The van der Waals surface area contributed by atoms with Gasteiger partial charge in [0.15, 0.2) is 0 Å². The molecule has 1 aromatic carbocycles. The van der Waals surface area contributed by atoms with Gasteiger partial charge in [-0.15, -0.1) is 11.3 Å². The Labute approximate surface area is 144 Å². The van der Waals surface area contributed by atoms with E-state index in [2.05, 4.69) is 9.88 Å². The Bertz CT molecular complexity index is 770.